The lowest BCUT2D eigenvalue weighted by Gasteiger charge is -2.43. The molecule has 0 N–H and O–H groups in total. The molecule has 0 aromatic rings. The lowest BCUT2D eigenvalue weighted by Crippen LogP contribution is -2.36. The Morgan fingerprint density at radius 1 is 1.00 bits per heavy atom. The van der Waals surface area contributed by atoms with Crippen molar-refractivity contribution in [1.82, 2.24) is 0 Å². The maximum atomic E-state index is 13.2. The third-order valence-corrected chi connectivity index (χ3v) is 4.13. The van der Waals surface area contributed by atoms with Crippen LogP contribution in [-0.2, 0) is 0 Å². The Balaban J connectivity index is 2.07. The molecule has 3 unspecified atom stereocenters. The maximum Gasteiger partial charge on any atom is 0.101 e. The molecule has 0 aromatic heterocycles. The van der Waals surface area contributed by atoms with Crippen LogP contribution in [0.5, 0.6) is 0 Å². The van der Waals surface area contributed by atoms with Crippen LogP contribution in [0.3, 0.4) is 0 Å². The first-order valence-electron chi connectivity index (χ1n) is 5.31. The molecule has 0 nitrogen and oxygen atoms in total. The van der Waals surface area contributed by atoms with Gasteiger partial charge in [0.05, 0.1) is 0 Å². The molecule has 0 saturated heterocycles. The summed E-state index contributed by atoms with van der Waals surface area (Å²) in [6.07, 6.45) is 3.81. The molecule has 2 aliphatic rings. The summed E-state index contributed by atoms with van der Waals surface area (Å²) in [6.45, 7) is 4.64. The normalized spacial score (nSPS) is 53.8. The largest absolute Gasteiger partial charge is 0.247 e. The van der Waals surface area contributed by atoms with E-state index in [9.17, 15) is 4.39 Å². The van der Waals surface area contributed by atoms with E-state index in [1.165, 1.54) is 12.8 Å². The molecule has 0 spiro atoms. The van der Waals surface area contributed by atoms with Crippen molar-refractivity contribution in [2.75, 3.05) is 0 Å². The first-order chi connectivity index (χ1) is 5.66. The molecule has 5 atom stereocenters. The van der Waals surface area contributed by atoms with Crippen LogP contribution >= 0.6 is 0 Å². The second kappa shape index (κ2) is 3.01. The van der Waals surface area contributed by atoms with Gasteiger partial charge in [-0.25, -0.2) is 4.39 Å². The Morgan fingerprint density at radius 2 is 1.75 bits per heavy atom. The fourth-order valence-electron chi connectivity index (χ4n) is 3.23. The molecule has 2 bridgehead atoms. The van der Waals surface area contributed by atoms with Crippen LogP contribution in [0.2, 0.25) is 0 Å². The van der Waals surface area contributed by atoms with Crippen LogP contribution in [0.4, 0.5) is 4.39 Å². The molecule has 12 heavy (non-hydrogen) atoms. The van der Waals surface area contributed by atoms with E-state index in [4.69, 9.17) is 0 Å². The first-order valence-corrected chi connectivity index (χ1v) is 5.31. The SMILES string of the molecule is CC1CC2CC(C[C@@H](F)C2)[C@@H]1C. The summed E-state index contributed by atoms with van der Waals surface area (Å²) in [5, 5.41) is 0. The summed E-state index contributed by atoms with van der Waals surface area (Å²) in [6, 6.07) is 0. The van der Waals surface area contributed by atoms with E-state index in [1.807, 2.05) is 0 Å². The molecule has 2 saturated carbocycles. The molecule has 70 valence electrons. The smallest absolute Gasteiger partial charge is 0.101 e. The zero-order chi connectivity index (χ0) is 8.72. The lowest BCUT2D eigenvalue weighted by molar-refractivity contribution is 0.0367. The molecule has 0 amide bonds. The number of hydrogen-bond acceptors (Lipinski definition) is 0. The van der Waals surface area contributed by atoms with E-state index >= 15 is 0 Å². The van der Waals surface area contributed by atoms with Crippen LogP contribution in [-0.4, -0.2) is 6.17 Å². The van der Waals surface area contributed by atoms with Gasteiger partial charge in [-0.15, -0.1) is 0 Å². The molecule has 2 fully saturated rings. The minimum Gasteiger partial charge on any atom is -0.247 e. The summed E-state index contributed by atoms with van der Waals surface area (Å²) >= 11 is 0. The topological polar surface area (TPSA) is 0 Å². The molecule has 0 aromatic carbocycles. The van der Waals surface area contributed by atoms with Gasteiger partial charge >= 0.3 is 0 Å². The second-order valence-corrected chi connectivity index (χ2v) is 5.00. The van der Waals surface area contributed by atoms with Gasteiger partial charge in [-0.3, -0.25) is 0 Å². The zero-order valence-corrected chi connectivity index (χ0v) is 8.09. The zero-order valence-electron chi connectivity index (χ0n) is 8.09. The maximum absolute atomic E-state index is 13.2. The summed E-state index contributed by atoms with van der Waals surface area (Å²) in [4.78, 5) is 0. The third-order valence-electron chi connectivity index (χ3n) is 4.13. The Morgan fingerprint density at radius 3 is 2.50 bits per heavy atom. The highest BCUT2D eigenvalue weighted by Crippen LogP contribution is 2.46. The standard InChI is InChI=1S/C11H19F/c1-7-3-9-4-10(8(7)2)6-11(12)5-9/h7-11H,3-6H2,1-2H3/t7?,8-,9?,10?,11+/m1/s1. The van der Waals surface area contributed by atoms with E-state index in [1.54, 1.807) is 0 Å². The van der Waals surface area contributed by atoms with Gasteiger partial charge in [0.1, 0.15) is 6.17 Å². The third kappa shape index (κ3) is 1.38. The van der Waals surface area contributed by atoms with Crippen LogP contribution in [0.1, 0.15) is 39.5 Å². The van der Waals surface area contributed by atoms with Crippen molar-refractivity contribution in [3.63, 3.8) is 0 Å². The Labute approximate surface area is 74.5 Å². The number of alkyl halides is 1. The van der Waals surface area contributed by atoms with E-state index in [2.05, 4.69) is 13.8 Å². The van der Waals surface area contributed by atoms with Crippen LogP contribution in [0.15, 0.2) is 0 Å². The predicted molar refractivity (Wildman–Crippen MR) is 48.7 cm³/mol. The minimum atomic E-state index is -0.483. The van der Waals surface area contributed by atoms with Gasteiger partial charge in [-0.2, -0.15) is 0 Å². The highest BCUT2D eigenvalue weighted by atomic mass is 19.1. The predicted octanol–water partition coefficient (Wildman–Crippen LogP) is 3.42. The van der Waals surface area contributed by atoms with Crippen molar-refractivity contribution in [3.05, 3.63) is 0 Å². The van der Waals surface area contributed by atoms with Crippen molar-refractivity contribution in [2.24, 2.45) is 23.7 Å². The van der Waals surface area contributed by atoms with Crippen LogP contribution in [0.25, 0.3) is 0 Å². The number of fused-ring (bicyclic) bond motifs is 2. The molecule has 2 aliphatic carbocycles. The quantitative estimate of drug-likeness (QED) is 0.522. The molecular weight excluding hydrogens is 151 g/mol. The van der Waals surface area contributed by atoms with Gasteiger partial charge in [0.25, 0.3) is 0 Å². The van der Waals surface area contributed by atoms with Crippen LogP contribution < -0.4 is 0 Å². The van der Waals surface area contributed by atoms with E-state index in [0.717, 1.165) is 24.7 Å². The van der Waals surface area contributed by atoms with E-state index in [0.29, 0.717) is 11.8 Å². The summed E-state index contributed by atoms with van der Waals surface area (Å²) in [5.74, 6) is 3.01. The average molecular weight is 170 g/mol. The van der Waals surface area contributed by atoms with Crippen molar-refractivity contribution < 1.29 is 4.39 Å². The Kier molecular flexibility index (Phi) is 2.14. The van der Waals surface area contributed by atoms with Crippen LogP contribution in [0, 0.1) is 23.7 Å². The monoisotopic (exact) mass is 170 g/mol. The first kappa shape index (κ1) is 8.52. The summed E-state index contributed by atoms with van der Waals surface area (Å²) in [5.41, 5.74) is 0. The fraction of sp³-hybridized carbons (Fsp3) is 1.00. The summed E-state index contributed by atoms with van der Waals surface area (Å²) < 4.78 is 13.2. The van der Waals surface area contributed by atoms with E-state index < -0.39 is 6.17 Å². The van der Waals surface area contributed by atoms with Gasteiger partial charge in [-0.1, -0.05) is 13.8 Å². The average Bonchev–Trinajstić information content (AvgIpc) is 1.99. The van der Waals surface area contributed by atoms with Crippen molar-refractivity contribution in [1.29, 1.82) is 0 Å². The Bertz CT molecular complexity index is 162. The van der Waals surface area contributed by atoms with E-state index in [-0.39, 0.29) is 0 Å². The van der Waals surface area contributed by atoms with Gasteiger partial charge < -0.3 is 0 Å². The molecule has 0 radical (unpaired) electrons. The molecule has 0 heterocycles. The minimum absolute atomic E-state index is 0.483. The highest BCUT2D eigenvalue weighted by molar-refractivity contribution is 4.88. The number of hydrogen-bond donors (Lipinski definition) is 0. The van der Waals surface area contributed by atoms with Gasteiger partial charge in [0.2, 0.25) is 0 Å². The lowest BCUT2D eigenvalue weighted by atomic mass is 9.63. The number of halogens is 1. The second-order valence-electron chi connectivity index (χ2n) is 5.00. The summed E-state index contributed by atoms with van der Waals surface area (Å²) in [7, 11) is 0. The Hall–Kier alpha value is -0.0700. The molecule has 0 aliphatic heterocycles. The number of rotatable bonds is 0. The fourth-order valence-corrected chi connectivity index (χ4v) is 3.23. The molecular formula is C11H19F. The van der Waals surface area contributed by atoms with Crippen molar-refractivity contribution in [2.45, 2.75) is 45.7 Å². The van der Waals surface area contributed by atoms with Gasteiger partial charge in [0.15, 0.2) is 0 Å². The van der Waals surface area contributed by atoms with Gasteiger partial charge in [0, 0.05) is 0 Å². The highest BCUT2D eigenvalue weighted by Gasteiger charge is 2.38. The van der Waals surface area contributed by atoms with Crippen molar-refractivity contribution >= 4 is 0 Å². The molecule has 1 heteroatoms. The van der Waals surface area contributed by atoms with Gasteiger partial charge in [-0.05, 0) is 49.4 Å². The van der Waals surface area contributed by atoms with Crippen molar-refractivity contribution in [3.8, 4) is 0 Å². The molecule has 2 rings (SSSR count).